The molecule has 1 N–H and O–H groups in total. The Kier molecular flexibility index (Phi) is 2.87. The number of aliphatic hydroxyl groups is 1. The number of ether oxygens (including phenoxy) is 2. The summed E-state index contributed by atoms with van der Waals surface area (Å²) in [6.07, 6.45) is 0.188. The lowest BCUT2D eigenvalue weighted by Crippen LogP contribution is -2.27. The lowest BCUT2D eigenvalue weighted by Gasteiger charge is -2.15. The molecule has 0 radical (unpaired) electrons. The summed E-state index contributed by atoms with van der Waals surface area (Å²) in [5.41, 5.74) is 0. The zero-order valence-electron chi connectivity index (χ0n) is 7.28. The van der Waals surface area contributed by atoms with E-state index >= 15 is 0 Å². The lowest BCUT2D eigenvalue weighted by molar-refractivity contribution is -0.134. The number of methoxy groups -OCH3 is 1. The van der Waals surface area contributed by atoms with E-state index in [1.165, 1.54) is 0 Å². The highest BCUT2D eigenvalue weighted by Crippen LogP contribution is 2.28. The second-order valence-electron chi connectivity index (χ2n) is 3.03. The average Bonchev–Trinajstić information content (AvgIpc) is 2.26. The maximum absolute atomic E-state index is 9.31. The highest BCUT2D eigenvalue weighted by molar-refractivity contribution is 4.82. The van der Waals surface area contributed by atoms with Crippen LogP contribution in [0.1, 0.15) is 20.3 Å². The Labute approximate surface area is 67.3 Å². The third-order valence-corrected chi connectivity index (χ3v) is 2.37. The smallest absolute Gasteiger partial charge is 0.181 e. The first kappa shape index (κ1) is 8.97. The van der Waals surface area contributed by atoms with Crippen molar-refractivity contribution < 1.29 is 14.6 Å². The summed E-state index contributed by atoms with van der Waals surface area (Å²) in [5, 5.41) is 9.31. The number of hydrogen-bond donors (Lipinski definition) is 1. The fourth-order valence-electron chi connectivity index (χ4n) is 1.65. The van der Waals surface area contributed by atoms with E-state index < -0.39 is 6.29 Å². The van der Waals surface area contributed by atoms with E-state index in [1.807, 2.05) is 13.8 Å². The third kappa shape index (κ3) is 1.55. The van der Waals surface area contributed by atoms with Crippen LogP contribution in [0, 0.1) is 5.92 Å². The second-order valence-corrected chi connectivity index (χ2v) is 3.03. The summed E-state index contributed by atoms with van der Waals surface area (Å²) < 4.78 is 10.3. The molecule has 0 saturated carbocycles. The standard InChI is InChI=1S/C8H16O3/c1-4-6-5(2)7(10-3)8(9)11-6/h5-9H,4H2,1-3H3. The van der Waals surface area contributed by atoms with Gasteiger partial charge in [-0.05, 0) is 6.42 Å². The van der Waals surface area contributed by atoms with Crippen molar-refractivity contribution in [3.05, 3.63) is 0 Å². The van der Waals surface area contributed by atoms with Crippen LogP contribution in [-0.4, -0.2) is 30.7 Å². The monoisotopic (exact) mass is 160 g/mol. The van der Waals surface area contributed by atoms with Gasteiger partial charge in [0, 0.05) is 13.0 Å². The molecule has 1 rings (SSSR count). The van der Waals surface area contributed by atoms with E-state index in [4.69, 9.17) is 9.47 Å². The Morgan fingerprint density at radius 2 is 2.18 bits per heavy atom. The third-order valence-electron chi connectivity index (χ3n) is 2.37. The van der Waals surface area contributed by atoms with Gasteiger partial charge in [-0.3, -0.25) is 0 Å². The zero-order valence-corrected chi connectivity index (χ0v) is 7.28. The van der Waals surface area contributed by atoms with Crippen molar-refractivity contribution in [1.29, 1.82) is 0 Å². The minimum Gasteiger partial charge on any atom is -0.376 e. The van der Waals surface area contributed by atoms with Crippen molar-refractivity contribution in [2.45, 2.75) is 38.8 Å². The molecule has 4 unspecified atom stereocenters. The van der Waals surface area contributed by atoms with Gasteiger partial charge < -0.3 is 14.6 Å². The van der Waals surface area contributed by atoms with Crippen molar-refractivity contribution in [3.63, 3.8) is 0 Å². The van der Waals surface area contributed by atoms with Gasteiger partial charge in [0.25, 0.3) is 0 Å². The summed E-state index contributed by atoms with van der Waals surface area (Å²) in [5.74, 6) is 0.292. The van der Waals surface area contributed by atoms with Crippen LogP contribution in [0.25, 0.3) is 0 Å². The van der Waals surface area contributed by atoms with Crippen LogP contribution in [0.15, 0.2) is 0 Å². The van der Waals surface area contributed by atoms with Gasteiger partial charge in [-0.1, -0.05) is 13.8 Å². The molecule has 3 nitrogen and oxygen atoms in total. The second kappa shape index (κ2) is 3.52. The van der Waals surface area contributed by atoms with E-state index in [0.29, 0.717) is 5.92 Å². The molecule has 0 aromatic carbocycles. The van der Waals surface area contributed by atoms with Crippen LogP contribution in [0.4, 0.5) is 0 Å². The molecule has 11 heavy (non-hydrogen) atoms. The molecule has 4 atom stereocenters. The van der Waals surface area contributed by atoms with Crippen molar-refractivity contribution in [2.75, 3.05) is 7.11 Å². The largest absolute Gasteiger partial charge is 0.376 e. The molecule has 3 heteroatoms. The average molecular weight is 160 g/mol. The quantitative estimate of drug-likeness (QED) is 0.648. The first-order valence-electron chi connectivity index (χ1n) is 4.07. The van der Waals surface area contributed by atoms with Gasteiger partial charge in [0.1, 0.15) is 6.10 Å². The van der Waals surface area contributed by atoms with Gasteiger partial charge in [0.2, 0.25) is 0 Å². The van der Waals surface area contributed by atoms with Crippen LogP contribution in [0.5, 0.6) is 0 Å². The summed E-state index contributed by atoms with van der Waals surface area (Å²) in [7, 11) is 1.60. The number of hydrogen-bond acceptors (Lipinski definition) is 3. The van der Waals surface area contributed by atoms with Gasteiger partial charge in [-0.15, -0.1) is 0 Å². The highest BCUT2D eigenvalue weighted by atomic mass is 16.6. The molecule has 1 aliphatic rings. The van der Waals surface area contributed by atoms with E-state index in [2.05, 4.69) is 0 Å². The first-order valence-corrected chi connectivity index (χ1v) is 4.07. The Bertz CT molecular complexity index is 127. The summed E-state index contributed by atoms with van der Waals surface area (Å²) in [6, 6.07) is 0. The van der Waals surface area contributed by atoms with Crippen LogP contribution in [0.3, 0.4) is 0 Å². The zero-order chi connectivity index (χ0) is 8.43. The molecular weight excluding hydrogens is 144 g/mol. The topological polar surface area (TPSA) is 38.7 Å². The van der Waals surface area contributed by atoms with Crippen molar-refractivity contribution in [2.24, 2.45) is 5.92 Å². The normalized spacial score (nSPS) is 44.7. The molecule has 1 saturated heterocycles. The Morgan fingerprint density at radius 1 is 1.55 bits per heavy atom. The van der Waals surface area contributed by atoms with Crippen LogP contribution < -0.4 is 0 Å². The van der Waals surface area contributed by atoms with Crippen molar-refractivity contribution in [3.8, 4) is 0 Å². The Balaban J connectivity index is 2.55. The number of aliphatic hydroxyl groups excluding tert-OH is 1. The van der Waals surface area contributed by atoms with E-state index in [1.54, 1.807) is 7.11 Å². The van der Waals surface area contributed by atoms with Gasteiger partial charge in [0.15, 0.2) is 6.29 Å². The maximum atomic E-state index is 9.31. The molecule has 0 spiro atoms. The van der Waals surface area contributed by atoms with Crippen molar-refractivity contribution in [1.82, 2.24) is 0 Å². The van der Waals surface area contributed by atoms with Gasteiger partial charge in [-0.25, -0.2) is 0 Å². The predicted octanol–water partition coefficient (Wildman–Crippen LogP) is 0.765. The van der Waals surface area contributed by atoms with Gasteiger partial charge in [-0.2, -0.15) is 0 Å². The fraction of sp³-hybridized carbons (Fsp3) is 1.00. The Morgan fingerprint density at radius 3 is 2.45 bits per heavy atom. The highest BCUT2D eigenvalue weighted by Gasteiger charge is 2.39. The lowest BCUT2D eigenvalue weighted by atomic mass is 9.99. The minimum absolute atomic E-state index is 0.148. The Hall–Kier alpha value is -0.120. The summed E-state index contributed by atoms with van der Waals surface area (Å²) >= 11 is 0. The molecule has 0 aromatic heterocycles. The molecule has 1 heterocycles. The molecular formula is C8H16O3. The summed E-state index contributed by atoms with van der Waals surface area (Å²) in [6.45, 7) is 4.09. The SMILES string of the molecule is CCC1OC(O)C(OC)C1C. The fourth-order valence-corrected chi connectivity index (χ4v) is 1.65. The molecule has 0 aliphatic carbocycles. The predicted molar refractivity (Wildman–Crippen MR) is 41.1 cm³/mol. The van der Waals surface area contributed by atoms with Gasteiger partial charge >= 0.3 is 0 Å². The molecule has 0 amide bonds. The van der Waals surface area contributed by atoms with Crippen LogP contribution >= 0.6 is 0 Å². The summed E-state index contributed by atoms with van der Waals surface area (Å²) in [4.78, 5) is 0. The number of rotatable bonds is 2. The molecule has 66 valence electrons. The van der Waals surface area contributed by atoms with Crippen LogP contribution in [0.2, 0.25) is 0 Å². The van der Waals surface area contributed by atoms with Crippen molar-refractivity contribution >= 4 is 0 Å². The van der Waals surface area contributed by atoms with Crippen LogP contribution in [-0.2, 0) is 9.47 Å². The first-order chi connectivity index (χ1) is 5.20. The maximum Gasteiger partial charge on any atom is 0.181 e. The minimum atomic E-state index is -0.736. The molecule has 1 aliphatic heterocycles. The molecule has 1 fully saturated rings. The molecule has 0 aromatic rings. The van der Waals surface area contributed by atoms with E-state index in [9.17, 15) is 5.11 Å². The van der Waals surface area contributed by atoms with Gasteiger partial charge in [0.05, 0.1) is 6.10 Å². The molecule has 0 bridgehead atoms. The van der Waals surface area contributed by atoms with E-state index in [0.717, 1.165) is 6.42 Å². The van der Waals surface area contributed by atoms with E-state index in [-0.39, 0.29) is 12.2 Å².